The molecule has 28 heavy (non-hydrogen) atoms. The van der Waals surface area contributed by atoms with Crippen molar-refractivity contribution in [3.63, 3.8) is 0 Å². The number of aromatic nitrogens is 3. The highest BCUT2D eigenvalue weighted by Gasteiger charge is 2.19. The molecule has 0 aliphatic rings. The molecular weight excluding hydrogens is 376 g/mol. The van der Waals surface area contributed by atoms with E-state index < -0.39 is 0 Å². The summed E-state index contributed by atoms with van der Waals surface area (Å²) in [5, 5.41) is 19.0. The molecule has 0 saturated carbocycles. The van der Waals surface area contributed by atoms with Crippen LogP contribution in [0.1, 0.15) is 11.1 Å². The summed E-state index contributed by atoms with van der Waals surface area (Å²) in [6, 6.07) is 15.1. The Balaban J connectivity index is 2.04. The molecule has 1 N–H and O–H groups in total. The van der Waals surface area contributed by atoms with Crippen molar-refractivity contribution in [3.05, 3.63) is 71.0 Å². The maximum Gasteiger partial charge on any atom is 0.302 e. The molecule has 0 aliphatic carbocycles. The molecule has 2 heterocycles. The lowest BCUT2D eigenvalue weighted by atomic mass is 9.98. The zero-order valence-electron chi connectivity index (χ0n) is 14.9. The van der Waals surface area contributed by atoms with Crippen LogP contribution < -0.4 is 4.74 Å². The van der Waals surface area contributed by atoms with Crippen molar-refractivity contribution >= 4 is 17.2 Å². The van der Waals surface area contributed by atoms with Gasteiger partial charge >= 0.3 is 6.01 Å². The summed E-state index contributed by atoms with van der Waals surface area (Å²) in [7, 11) is 1.55. The Morgan fingerprint density at radius 1 is 1.18 bits per heavy atom. The molecule has 0 saturated heterocycles. The van der Waals surface area contributed by atoms with Crippen molar-refractivity contribution in [1.29, 1.82) is 5.26 Å². The summed E-state index contributed by atoms with van der Waals surface area (Å²) in [5.41, 5.74) is 4.95. The summed E-state index contributed by atoms with van der Waals surface area (Å²) < 4.78 is 7.20. The largest absolute Gasteiger partial charge is 0.468 e. The second-order valence-electron chi connectivity index (χ2n) is 6.10. The molecule has 0 amide bonds. The molecular formula is C21H15ClN4O2. The highest BCUT2D eigenvalue weighted by Crippen LogP contribution is 2.37. The molecule has 7 heteroatoms. The third-order valence-electron chi connectivity index (χ3n) is 4.50. The fourth-order valence-corrected chi connectivity index (χ4v) is 3.35. The van der Waals surface area contributed by atoms with Crippen molar-refractivity contribution in [1.82, 2.24) is 14.4 Å². The number of rotatable bonds is 4. The maximum atomic E-state index is 9.41. The van der Waals surface area contributed by atoms with E-state index >= 15 is 0 Å². The van der Waals surface area contributed by atoms with Crippen molar-refractivity contribution < 1.29 is 9.84 Å². The monoisotopic (exact) mass is 390 g/mol. The van der Waals surface area contributed by atoms with Crippen molar-refractivity contribution in [3.8, 4) is 34.5 Å². The number of ether oxygens (including phenoxy) is 1. The van der Waals surface area contributed by atoms with Crippen LogP contribution in [-0.2, 0) is 6.61 Å². The molecule has 0 spiro atoms. The van der Waals surface area contributed by atoms with Crippen LogP contribution in [0.2, 0.25) is 5.02 Å². The van der Waals surface area contributed by atoms with Crippen LogP contribution in [0.5, 0.6) is 6.01 Å². The third-order valence-corrected chi connectivity index (χ3v) is 4.85. The van der Waals surface area contributed by atoms with Gasteiger partial charge in [0.05, 0.1) is 36.6 Å². The number of fused-ring (bicyclic) bond motifs is 1. The summed E-state index contributed by atoms with van der Waals surface area (Å²) in [4.78, 5) is 9.19. The number of aliphatic hydroxyl groups is 1. The maximum absolute atomic E-state index is 9.41. The fourth-order valence-electron chi connectivity index (χ4n) is 3.11. The van der Waals surface area contributed by atoms with Crippen molar-refractivity contribution in [2.75, 3.05) is 7.11 Å². The van der Waals surface area contributed by atoms with Crippen molar-refractivity contribution in [2.24, 2.45) is 0 Å². The Morgan fingerprint density at radius 2 is 1.93 bits per heavy atom. The number of imidazole rings is 1. The third kappa shape index (κ3) is 2.97. The van der Waals surface area contributed by atoms with Crippen LogP contribution >= 0.6 is 11.6 Å². The topological polar surface area (TPSA) is 83.4 Å². The van der Waals surface area contributed by atoms with E-state index in [0.717, 1.165) is 16.7 Å². The van der Waals surface area contributed by atoms with Crippen LogP contribution in [-0.4, -0.2) is 26.6 Å². The molecule has 138 valence electrons. The molecule has 0 fully saturated rings. The Bertz CT molecular complexity index is 1210. The van der Waals surface area contributed by atoms with Gasteiger partial charge in [0.2, 0.25) is 0 Å². The van der Waals surface area contributed by atoms with E-state index in [1.54, 1.807) is 48.2 Å². The van der Waals surface area contributed by atoms with Gasteiger partial charge in [-0.15, -0.1) is 0 Å². The molecule has 0 bridgehead atoms. The lowest BCUT2D eigenvalue weighted by Crippen LogP contribution is -2.02. The normalized spacial score (nSPS) is 10.8. The zero-order valence-corrected chi connectivity index (χ0v) is 15.7. The molecule has 0 radical (unpaired) electrons. The summed E-state index contributed by atoms with van der Waals surface area (Å²) in [5.74, 6) is 0. The highest BCUT2D eigenvalue weighted by atomic mass is 35.5. The van der Waals surface area contributed by atoms with E-state index in [0.29, 0.717) is 33.5 Å². The predicted molar refractivity (Wildman–Crippen MR) is 106 cm³/mol. The second-order valence-corrected chi connectivity index (χ2v) is 6.50. The minimum atomic E-state index is -0.138. The molecule has 4 aromatic rings. The molecule has 0 atom stereocenters. The Morgan fingerprint density at radius 3 is 2.57 bits per heavy atom. The molecule has 6 nitrogen and oxygen atoms in total. The number of halogens is 1. The van der Waals surface area contributed by atoms with Crippen LogP contribution in [0.4, 0.5) is 0 Å². The number of hydrogen-bond acceptors (Lipinski definition) is 5. The first-order chi connectivity index (χ1) is 13.7. The first-order valence-electron chi connectivity index (χ1n) is 8.47. The Kier molecular flexibility index (Phi) is 4.70. The lowest BCUT2D eigenvalue weighted by Gasteiger charge is -2.14. The van der Waals surface area contributed by atoms with Gasteiger partial charge in [0.1, 0.15) is 0 Å². The summed E-state index contributed by atoms with van der Waals surface area (Å²) in [6.07, 6.45) is 3.45. The molecule has 4 rings (SSSR count). The Labute approximate surface area is 166 Å². The van der Waals surface area contributed by atoms with Gasteiger partial charge in [-0.05, 0) is 29.3 Å². The molecule has 2 aromatic heterocycles. The number of hydrogen-bond donors (Lipinski definition) is 1. The van der Waals surface area contributed by atoms with Gasteiger partial charge in [-0.3, -0.25) is 4.40 Å². The van der Waals surface area contributed by atoms with Crippen LogP contribution in [0, 0.1) is 11.3 Å². The number of methoxy groups -OCH3 is 1. The van der Waals surface area contributed by atoms with E-state index in [2.05, 4.69) is 11.1 Å². The standard InChI is InChI=1S/C21H15ClN4O2/c1-28-21-25-19(14-4-2-13(11-23)3-5-14)18(20-24-8-9-26(20)21)15-6-7-16(12-27)17(22)10-15/h2-10,27H,12H2,1H3. The second kappa shape index (κ2) is 7.31. The van der Waals surface area contributed by atoms with Crippen LogP contribution in [0.25, 0.3) is 28.0 Å². The van der Waals surface area contributed by atoms with Gasteiger partial charge in [0.25, 0.3) is 0 Å². The van der Waals surface area contributed by atoms with Gasteiger partial charge in [-0.25, -0.2) is 4.98 Å². The van der Waals surface area contributed by atoms with E-state index in [1.165, 1.54) is 0 Å². The minimum Gasteiger partial charge on any atom is -0.468 e. The number of nitriles is 1. The first-order valence-corrected chi connectivity index (χ1v) is 8.85. The molecule has 2 aromatic carbocycles. The van der Waals surface area contributed by atoms with Gasteiger partial charge < -0.3 is 9.84 Å². The van der Waals surface area contributed by atoms with E-state index in [-0.39, 0.29) is 6.61 Å². The van der Waals surface area contributed by atoms with Crippen LogP contribution in [0.15, 0.2) is 54.9 Å². The smallest absolute Gasteiger partial charge is 0.302 e. The van der Waals surface area contributed by atoms with E-state index in [9.17, 15) is 5.11 Å². The average Bonchev–Trinajstić information content (AvgIpc) is 3.22. The minimum absolute atomic E-state index is 0.138. The SMILES string of the molecule is COc1nc(-c2ccc(C#N)cc2)c(-c2ccc(CO)c(Cl)c2)c2nccn12. The molecule has 0 unspecified atom stereocenters. The van der Waals surface area contributed by atoms with Crippen LogP contribution in [0.3, 0.4) is 0 Å². The number of benzene rings is 2. The summed E-state index contributed by atoms with van der Waals surface area (Å²) >= 11 is 6.33. The molecule has 0 aliphatic heterocycles. The zero-order chi connectivity index (χ0) is 19.7. The number of aliphatic hydroxyl groups excluding tert-OH is 1. The van der Waals surface area contributed by atoms with Gasteiger partial charge in [0, 0.05) is 23.0 Å². The quantitative estimate of drug-likeness (QED) is 0.567. The van der Waals surface area contributed by atoms with E-state index in [4.69, 9.17) is 26.6 Å². The van der Waals surface area contributed by atoms with E-state index in [1.807, 2.05) is 18.2 Å². The van der Waals surface area contributed by atoms with Gasteiger partial charge in [-0.1, -0.05) is 35.9 Å². The average molecular weight is 391 g/mol. The first kappa shape index (κ1) is 18.0. The predicted octanol–water partition coefficient (Wildman–Crippen LogP) is 4.09. The summed E-state index contributed by atoms with van der Waals surface area (Å²) in [6.45, 7) is -0.138. The van der Waals surface area contributed by atoms with Crippen molar-refractivity contribution in [2.45, 2.75) is 6.61 Å². The lowest BCUT2D eigenvalue weighted by molar-refractivity contribution is 0.282. The van der Waals surface area contributed by atoms with Gasteiger partial charge in [-0.2, -0.15) is 10.2 Å². The highest BCUT2D eigenvalue weighted by molar-refractivity contribution is 6.31. The number of nitrogens with zero attached hydrogens (tertiary/aromatic N) is 4. The Hall–Kier alpha value is -3.40. The van der Waals surface area contributed by atoms with Gasteiger partial charge in [0.15, 0.2) is 5.65 Å². The fraction of sp³-hybridized carbons (Fsp3) is 0.0952.